The second kappa shape index (κ2) is 6.29. The van der Waals surface area contributed by atoms with Gasteiger partial charge in [-0.15, -0.1) is 6.58 Å². The van der Waals surface area contributed by atoms with Crippen LogP contribution in [0.25, 0.3) is 0 Å². The van der Waals surface area contributed by atoms with E-state index in [1.807, 2.05) is 6.92 Å². The van der Waals surface area contributed by atoms with Crippen LogP contribution in [-0.4, -0.2) is 8.42 Å². The third-order valence-corrected chi connectivity index (χ3v) is 1.39. The zero-order chi connectivity index (χ0) is 8.62. The van der Waals surface area contributed by atoms with E-state index in [0.29, 0.717) is 0 Å². The van der Waals surface area contributed by atoms with Crippen LogP contribution in [0.15, 0.2) is 36.6 Å². The molecule has 0 aliphatic carbocycles. The highest BCUT2D eigenvalue weighted by Crippen LogP contribution is 1.87. The summed E-state index contributed by atoms with van der Waals surface area (Å²) >= 11 is 0. The molecule has 0 amide bonds. The van der Waals surface area contributed by atoms with Gasteiger partial charge in [0, 0.05) is 10.8 Å². The van der Waals surface area contributed by atoms with Crippen molar-refractivity contribution in [3.05, 3.63) is 36.6 Å². The van der Waals surface area contributed by atoms with E-state index in [4.69, 9.17) is 0 Å². The first-order chi connectivity index (χ1) is 4.54. The fourth-order valence-corrected chi connectivity index (χ4v) is 0.204. The van der Waals surface area contributed by atoms with Gasteiger partial charge in [0.05, 0.1) is 0 Å². The van der Waals surface area contributed by atoms with Crippen molar-refractivity contribution in [1.29, 1.82) is 0 Å². The maximum atomic E-state index is 10.1. The lowest BCUT2D eigenvalue weighted by Gasteiger charge is -1.78. The van der Waals surface area contributed by atoms with E-state index >= 15 is 0 Å². The molecule has 0 saturated carbocycles. The molecule has 0 spiro atoms. The fraction of sp³-hybridized carbons (Fsp3) is 0.143. The van der Waals surface area contributed by atoms with Crippen LogP contribution in [0.1, 0.15) is 6.92 Å². The molecule has 0 bridgehead atoms. The molecule has 0 saturated heterocycles. The molecular formula is C7H12O2S. The van der Waals surface area contributed by atoms with Crippen molar-refractivity contribution in [3.63, 3.8) is 0 Å². The van der Waals surface area contributed by atoms with Crippen molar-refractivity contribution in [2.45, 2.75) is 6.92 Å². The highest BCUT2D eigenvalue weighted by molar-refractivity contribution is 7.97. The number of sulfone groups is 1. The van der Waals surface area contributed by atoms with Crippen molar-refractivity contribution in [2.24, 2.45) is 0 Å². The average Bonchev–Trinajstić information content (AvgIpc) is 1.90. The molecule has 0 aromatic carbocycles. The Kier molecular flexibility index (Phi) is 7.49. The highest BCUT2D eigenvalue weighted by Gasteiger charge is 1.90. The summed E-state index contributed by atoms with van der Waals surface area (Å²) in [5.41, 5.74) is 0. The summed E-state index contributed by atoms with van der Waals surface area (Å²) in [5.74, 6) is 0. The lowest BCUT2D eigenvalue weighted by atomic mass is 10.8. The van der Waals surface area contributed by atoms with Gasteiger partial charge in [0.1, 0.15) is 0 Å². The Morgan fingerprint density at radius 1 is 1.10 bits per heavy atom. The number of hydrogen-bond acceptors (Lipinski definition) is 2. The van der Waals surface area contributed by atoms with Gasteiger partial charge in [0.2, 0.25) is 0 Å². The van der Waals surface area contributed by atoms with Crippen molar-refractivity contribution in [1.82, 2.24) is 0 Å². The Hall–Kier alpha value is -0.830. The molecule has 2 nitrogen and oxygen atoms in total. The van der Waals surface area contributed by atoms with Crippen LogP contribution < -0.4 is 0 Å². The molecule has 0 unspecified atom stereocenters. The quantitative estimate of drug-likeness (QED) is 0.578. The predicted octanol–water partition coefficient (Wildman–Crippen LogP) is 1.88. The predicted molar refractivity (Wildman–Crippen MR) is 45.2 cm³/mol. The minimum Gasteiger partial charge on any atom is -0.220 e. The first kappa shape index (κ1) is 11.9. The Labute approximate surface area is 62.5 Å². The molecule has 0 aliphatic heterocycles. The number of rotatable bonds is 2. The fourth-order valence-electron chi connectivity index (χ4n) is 0.0680. The van der Waals surface area contributed by atoms with Crippen LogP contribution in [0.4, 0.5) is 0 Å². The van der Waals surface area contributed by atoms with E-state index in [9.17, 15) is 8.42 Å². The van der Waals surface area contributed by atoms with Gasteiger partial charge in [0.25, 0.3) is 0 Å². The van der Waals surface area contributed by atoms with Gasteiger partial charge >= 0.3 is 0 Å². The van der Waals surface area contributed by atoms with Gasteiger partial charge in [-0.3, -0.25) is 0 Å². The van der Waals surface area contributed by atoms with E-state index < -0.39 is 9.84 Å². The zero-order valence-corrected chi connectivity index (χ0v) is 6.89. The molecular weight excluding hydrogens is 148 g/mol. The number of hydrogen-bond donors (Lipinski definition) is 0. The summed E-state index contributed by atoms with van der Waals surface area (Å²) < 4.78 is 20.3. The standard InChI is InChI=1S/C4H6O2S.C3H6/c1-3-7(5,6)4-2;1-3-2/h3-4H,1-2H2;3H,1H2,2H3. The van der Waals surface area contributed by atoms with Gasteiger partial charge in [-0.1, -0.05) is 19.2 Å². The maximum absolute atomic E-state index is 10.1. The monoisotopic (exact) mass is 160 g/mol. The van der Waals surface area contributed by atoms with E-state index in [-0.39, 0.29) is 0 Å². The molecule has 58 valence electrons. The van der Waals surface area contributed by atoms with Gasteiger partial charge in [-0.2, -0.15) is 0 Å². The van der Waals surface area contributed by atoms with Crippen LogP contribution in [-0.2, 0) is 9.84 Å². The topological polar surface area (TPSA) is 34.1 Å². The molecule has 0 heterocycles. The minimum absolute atomic E-state index is 0.847. The summed E-state index contributed by atoms with van der Waals surface area (Å²) in [6.45, 7) is 11.3. The Bertz CT molecular complexity index is 186. The van der Waals surface area contributed by atoms with E-state index in [1.165, 1.54) is 0 Å². The molecule has 0 aliphatic rings. The van der Waals surface area contributed by atoms with Gasteiger partial charge in [0.15, 0.2) is 9.84 Å². The second-order valence-electron chi connectivity index (χ2n) is 1.33. The Morgan fingerprint density at radius 2 is 1.30 bits per heavy atom. The smallest absolute Gasteiger partial charge is 0.191 e. The van der Waals surface area contributed by atoms with Gasteiger partial charge < -0.3 is 0 Å². The summed E-state index contributed by atoms with van der Waals surface area (Å²) in [6, 6.07) is 0. The molecule has 0 aromatic heterocycles. The lowest BCUT2D eigenvalue weighted by molar-refractivity contribution is 0.613. The lowest BCUT2D eigenvalue weighted by Crippen LogP contribution is -1.83. The first-order valence-electron chi connectivity index (χ1n) is 2.61. The van der Waals surface area contributed by atoms with Crippen LogP contribution >= 0.6 is 0 Å². The van der Waals surface area contributed by atoms with Crippen molar-refractivity contribution in [2.75, 3.05) is 0 Å². The van der Waals surface area contributed by atoms with Crippen molar-refractivity contribution < 1.29 is 8.42 Å². The van der Waals surface area contributed by atoms with E-state index in [0.717, 1.165) is 10.8 Å². The summed E-state index contributed by atoms with van der Waals surface area (Å²) in [6.07, 6.45) is 1.75. The summed E-state index contributed by atoms with van der Waals surface area (Å²) in [7, 11) is -3.13. The summed E-state index contributed by atoms with van der Waals surface area (Å²) in [5, 5.41) is 1.69. The van der Waals surface area contributed by atoms with Gasteiger partial charge in [-0.05, 0) is 6.92 Å². The zero-order valence-electron chi connectivity index (χ0n) is 6.08. The summed E-state index contributed by atoms with van der Waals surface area (Å²) in [4.78, 5) is 0. The number of allylic oxidation sites excluding steroid dienone is 1. The molecule has 0 N–H and O–H groups in total. The Morgan fingerprint density at radius 3 is 1.30 bits per heavy atom. The highest BCUT2D eigenvalue weighted by atomic mass is 32.2. The van der Waals surface area contributed by atoms with Crippen molar-refractivity contribution in [3.8, 4) is 0 Å². The van der Waals surface area contributed by atoms with E-state index in [1.54, 1.807) is 6.08 Å². The molecule has 10 heavy (non-hydrogen) atoms. The second-order valence-corrected chi connectivity index (χ2v) is 3.18. The van der Waals surface area contributed by atoms with Crippen molar-refractivity contribution >= 4 is 9.84 Å². The molecule has 0 radical (unpaired) electrons. The Balaban J connectivity index is 0. The van der Waals surface area contributed by atoms with Crippen LogP contribution in [0.5, 0.6) is 0 Å². The van der Waals surface area contributed by atoms with Crippen LogP contribution in [0.3, 0.4) is 0 Å². The molecule has 0 fully saturated rings. The van der Waals surface area contributed by atoms with E-state index in [2.05, 4.69) is 19.7 Å². The molecule has 0 aromatic rings. The minimum atomic E-state index is -3.13. The molecule has 0 rings (SSSR count). The van der Waals surface area contributed by atoms with Crippen LogP contribution in [0.2, 0.25) is 0 Å². The first-order valence-corrected chi connectivity index (χ1v) is 4.22. The normalized spacial score (nSPS) is 8.50. The maximum Gasteiger partial charge on any atom is 0.191 e. The third-order valence-electron chi connectivity index (χ3n) is 0.465. The molecule has 0 atom stereocenters. The third kappa shape index (κ3) is 10.2. The largest absolute Gasteiger partial charge is 0.220 e. The van der Waals surface area contributed by atoms with Gasteiger partial charge in [-0.25, -0.2) is 8.42 Å². The average molecular weight is 160 g/mol. The SMILES string of the molecule is C=CC.C=CS(=O)(=O)C=C. The van der Waals surface area contributed by atoms with Crippen LogP contribution in [0, 0.1) is 0 Å². The molecule has 3 heteroatoms.